The fraction of sp³-hybridized carbons (Fsp3) is 0.421. The predicted molar refractivity (Wildman–Crippen MR) is 118 cm³/mol. The average molecular weight is 490 g/mol. The van der Waals surface area contributed by atoms with Gasteiger partial charge >= 0.3 is 5.97 Å². The van der Waals surface area contributed by atoms with Gasteiger partial charge in [-0.2, -0.15) is 0 Å². The molecule has 7 nitrogen and oxygen atoms in total. The molecule has 1 saturated heterocycles. The lowest BCUT2D eigenvalue weighted by molar-refractivity contribution is -0.136. The standard InChI is InChI=1S/C19H21Cl2N3O4S2/c1-11(25)22-8-16-18(30-19-23-13(10-29-19)7-17(26)27)24(4-5-28-16)9-12-2-3-14(20)15(21)6-12/h2-3,6,10,16,18H,4-5,7-9H2,1H3,(H,22,25)(H,26,27)/t16-,18?/m0/s1. The molecule has 2 aromatic rings. The van der Waals surface area contributed by atoms with Gasteiger partial charge in [0.05, 0.1) is 34.1 Å². The van der Waals surface area contributed by atoms with E-state index in [0.29, 0.717) is 42.0 Å². The van der Waals surface area contributed by atoms with Gasteiger partial charge in [-0.25, -0.2) is 4.98 Å². The number of nitrogens with one attached hydrogen (secondary N) is 1. The van der Waals surface area contributed by atoms with E-state index in [9.17, 15) is 9.59 Å². The minimum atomic E-state index is -0.914. The van der Waals surface area contributed by atoms with Crippen LogP contribution in [0.5, 0.6) is 0 Å². The number of morpholine rings is 1. The monoisotopic (exact) mass is 489 g/mol. The first-order chi connectivity index (χ1) is 14.3. The molecule has 0 spiro atoms. The summed E-state index contributed by atoms with van der Waals surface area (Å²) in [4.78, 5) is 29.0. The number of carboxylic acid groups (broad SMARTS) is 1. The summed E-state index contributed by atoms with van der Waals surface area (Å²) >= 11 is 15.1. The maximum absolute atomic E-state index is 11.4. The molecule has 1 unspecified atom stereocenters. The lowest BCUT2D eigenvalue weighted by atomic mass is 10.2. The Kier molecular flexibility index (Phi) is 8.38. The van der Waals surface area contributed by atoms with Crippen molar-refractivity contribution in [3.8, 4) is 0 Å². The summed E-state index contributed by atoms with van der Waals surface area (Å²) in [6.45, 7) is 3.70. The third-order valence-corrected chi connectivity index (χ3v) is 7.53. The number of halogens is 2. The Morgan fingerprint density at radius 3 is 2.90 bits per heavy atom. The number of ether oxygens (including phenoxy) is 1. The van der Waals surface area contributed by atoms with Crippen LogP contribution in [0.2, 0.25) is 10.0 Å². The Hall–Kier alpha value is -1.36. The minimum absolute atomic E-state index is 0.111. The molecular weight excluding hydrogens is 469 g/mol. The number of thiazole rings is 1. The number of aromatic nitrogens is 1. The molecule has 3 rings (SSSR count). The van der Waals surface area contributed by atoms with E-state index in [0.717, 1.165) is 9.90 Å². The molecule has 0 radical (unpaired) electrons. The molecular formula is C19H21Cl2N3O4S2. The number of carbonyl (C=O) groups is 2. The van der Waals surface area contributed by atoms with E-state index in [-0.39, 0.29) is 23.8 Å². The van der Waals surface area contributed by atoms with E-state index in [4.69, 9.17) is 33.0 Å². The van der Waals surface area contributed by atoms with Gasteiger partial charge in [-0.15, -0.1) is 11.3 Å². The van der Waals surface area contributed by atoms with Crippen LogP contribution in [0, 0.1) is 0 Å². The molecule has 0 aliphatic carbocycles. The Balaban J connectivity index is 1.79. The number of thioether (sulfide) groups is 1. The van der Waals surface area contributed by atoms with Crippen LogP contribution >= 0.6 is 46.3 Å². The largest absolute Gasteiger partial charge is 0.481 e. The number of nitrogens with zero attached hydrogens (tertiary/aromatic N) is 2. The fourth-order valence-electron chi connectivity index (χ4n) is 3.04. The molecule has 1 aliphatic heterocycles. The first kappa shape index (κ1) is 23.3. The lowest BCUT2D eigenvalue weighted by Crippen LogP contribution is -2.52. The van der Waals surface area contributed by atoms with Gasteiger partial charge in [-0.3, -0.25) is 14.5 Å². The Morgan fingerprint density at radius 1 is 1.40 bits per heavy atom. The van der Waals surface area contributed by atoms with E-state index in [1.54, 1.807) is 11.4 Å². The molecule has 2 heterocycles. The molecule has 0 saturated carbocycles. The SMILES string of the molecule is CC(=O)NC[C@@H]1OCCN(Cc2ccc(Cl)c(Cl)c2)C1Sc1nc(CC(=O)O)cs1. The zero-order valence-electron chi connectivity index (χ0n) is 16.1. The second kappa shape index (κ2) is 10.8. The summed E-state index contributed by atoms with van der Waals surface area (Å²) in [6, 6.07) is 5.55. The Morgan fingerprint density at radius 2 is 2.20 bits per heavy atom. The van der Waals surface area contributed by atoms with Gasteiger partial charge in [-0.05, 0) is 17.7 Å². The number of hydrogen-bond acceptors (Lipinski definition) is 7. The van der Waals surface area contributed by atoms with Crippen molar-refractivity contribution < 1.29 is 19.4 Å². The van der Waals surface area contributed by atoms with Gasteiger partial charge in [0.2, 0.25) is 5.91 Å². The fourth-order valence-corrected chi connectivity index (χ4v) is 5.60. The van der Waals surface area contributed by atoms with Crippen LogP contribution in [0.1, 0.15) is 18.2 Å². The number of benzene rings is 1. The smallest absolute Gasteiger partial charge is 0.309 e. The number of carboxylic acids is 1. The van der Waals surface area contributed by atoms with Crippen molar-refractivity contribution >= 4 is 58.2 Å². The Labute approximate surface area is 192 Å². The molecule has 2 N–H and O–H groups in total. The molecule has 1 aromatic heterocycles. The topological polar surface area (TPSA) is 91.8 Å². The van der Waals surface area contributed by atoms with E-state index < -0.39 is 5.97 Å². The Bertz CT molecular complexity index is 912. The van der Waals surface area contributed by atoms with E-state index in [1.165, 1.54) is 30.0 Å². The van der Waals surface area contributed by atoms with Gasteiger partial charge in [0.1, 0.15) is 6.10 Å². The van der Waals surface area contributed by atoms with Crippen molar-refractivity contribution in [3.05, 3.63) is 44.9 Å². The maximum Gasteiger partial charge on any atom is 0.309 e. The van der Waals surface area contributed by atoms with Gasteiger partial charge in [0, 0.05) is 31.9 Å². The van der Waals surface area contributed by atoms with E-state index in [2.05, 4.69) is 15.2 Å². The third-order valence-electron chi connectivity index (χ3n) is 4.39. The second-order valence-corrected chi connectivity index (χ2v) is 9.79. The normalized spacial score (nSPS) is 19.6. The second-order valence-electron chi connectivity index (χ2n) is 6.75. The first-order valence-electron chi connectivity index (χ1n) is 9.18. The lowest BCUT2D eigenvalue weighted by Gasteiger charge is -2.40. The number of hydrogen-bond donors (Lipinski definition) is 2. The van der Waals surface area contributed by atoms with Gasteiger partial charge in [0.15, 0.2) is 4.34 Å². The van der Waals surface area contributed by atoms with Crippen molar-refractivity contribution in [2.24, 2.45) is 0 Å². The summed E-state index contributed by atoms with van der Waals surface area (Å²) in [7, 11) is 0. The average Bonchev–Trinajstić information content (AvgIpc) is 3.11. The van der Waals surface area contributed by atoms with Crippen LogP contribution < -0.4 is 5.32 Å². The number of aliphatic carboxylic acids is 1. The zero-order valence-corrected chi connectivity index (χ0v) is 19.3. The van der Waals surface area contributed by atoms with Gasteiger partial charge < -0.3 is 15.2 Å². The number of rotatable bonds is 8. The highest BCUT2D eigenvalue weighted by atomic mass is 35.5. The summed E-state index contributed by atoms with van der Waals surface area (Å²) in [5.41, 5.74) is 1.54. The third kappa shape index (κ3) is 6.57. The number of amides is 1. The molecule has 1 aromatic carbocycles. The quantitative estimate of drug-likeness (QED) is 0.585. The van der Waals surface area contributed by atoms with Crippen molar-refractivity contribution in [1.29, 1.82) is 0 Å². The van der Waals surface area contributed by atoms with Crippen LogP contribution in [0.4, 0.5) is 0 Å². The van der Waals surface area contributed by atoms with Crippen molar-refractivity contribution in [2.75, 3.05) is 19.7 Å². The molecule has 1 fully saturated rings. The van der Waals surface area contributed by atoms with Crippen molar-refractivity contribution in [2.45, 2.75) is 35.7 Å². The van der Waals surface area contributed by atoms with Crippen LogP contribution in [0.15, 0.2) is 27.9 Å². The molecule has 2 atom stereocenters. The molecule has 1 amide bonds. The summed E-state index contributed by atoms with van der Waals surface area (Å²) in [6.07, 6.45) is -0.359. The van der Waals surface area contributed by atoms with Crippen LogP contribution in [0.3, 0.4) is 0 Å². The highest BCUT2D eigenvalue weighted by Gasteiger charge is 2.34. The zero-order chi connectivity index (χ0) is 21.7. The van der Waals surface area contributed by atoms with E-state index >= 15 is 0 Å². The summed E-state index contributed by atoms with van der Waals surface area (Å²) in [5, 5.41) is 14.4. The molecule has 11 heteroatoms. The molecule has 0 bridgehead atoms. The van der Waals surface area contributed by atoms with Crippen LogP contribution in [0.25, 0.3) is 0 Å². The van der Waals surface area contributed by atoms with Gasteiger partial charge in [0.25, 0.3) is 0 Å². The van der Waals surface area contributed by atoms with Gasteiger partial charge in [-0.1, -0.05) is 41.0 Å². The van der Waals surface area contributed by atoms with Crippen LogP contribution in [-0.4, -0.2) is 58.0 Å². The molecule has 162 valence electrons. The first-order valence-corrected chi connectivity index (χ1v) is 11.7. The van der Waals surface area contributed by atoms with Crippen molar-refractivity contribution in [1.82, 2.24) is 15.2 Å². The minimum Gasteiger partial charge on any atom is -0.481 e. The molecule has 30 heavy (non-hydrogen) atoms. The van der Waals surface area contributed by atoms with Crippen molar-refractivity contribution in [3.63, 3.8) is 0 Å². The predicted octanol–water partition coefficient (Wildman–Crippen LogP) is 3.53. The number of carbonyl (C=O) groups excluding carboxylic acids is 1. The summed E-state index contributed by atoms with van der Waals surface area (Å²) < 4.78 is 6.71. The highest BCUT2D eigenvalue weighted by Crippen LogP contribution is 2.34. The summed E-state index contributed by atoms with van der Waals surface area (Å²) in [5.74, 6) is -1.04. The maximum atomic E-state index is 11.4. The molecule has 1 aliphatic rings. The van der Waals surface area contributed by atoms with E-state index in [1.807, 2.05) is 12.1 Å². The highest BCUT2D eigenvalue weighted by molar-refractivity contribution is 8.01. The van der Waals surface area contributed by atoms with Crippen LogP contribution in [-0.2, 0) is 27.3 Å².